The van der Waals surface area contributed by atoms with Gasteiger partial charge >= 0.3 is 5.91 Å². The summed E-state index contributed by atoms with van der Waals surface area (Å²) >= 11 is 21.1. The molecule has 4 aromatic rings. The highest BCUT2D eigenvalue weighted by Gasteiger charge is 2.48. The largest absolute Gasteiger partial charge is 0.507 e. The summed E-state index contributed by atoms with van der Waals surface area (Å²) in [4.78, 5) is 28.2. The summed E-state index contributed by atoms with van der Waals surface area (Å²) in [5, 5.41) is 21.5. The molecule has 0 spiro atoms. The molecule has 2 aliphatic heterocycles. The summed E-state index contributed by atoms with van der Waals surface area (Å²) in [6, 6.07) is 15.8. The molecule has 0 radical (unpaired) electrons. The van der Waals surface area contributed by atoms with Gasteiger partial charge in [0.05, 0.1) is 11.6 Å². The van der Waals surface area contributed by atoms with Gasteiger partial charge in [-0.25, -0.2) is 0 Å². The number of benzene rings is 3. The van der Waals surface area contributed by atoms with Crippen LogP contribution >= 0.6 is 57.9 Å². The van der Waals surface area contributed by atoms with E-state index >= 15 is 0 Å². The zero-order valence-corrected chi connectivity index (χ0v) is 24.7. The number of ketones is 1. The van der Waals surface area contributed by atoms with Crippen LogP contribution in [0.1, 0.15) is 22.7 Å². The maximum absolute atomic E-state index is 13.5. The van der Waals surface area contributed by atoms with Crippen molar-refractivity contribution in [2.75, 3.05) is 18.1 Å². The molecule has 6 rings (SSSR count). The molecule has 0 unspecified atom stereocenters. The number of Topliss-reactive ketones (excluding diaryl/α,β-unsaturated/α-hetero) is 1. The Morgan fingerprint density at radius 3 is 2.54 bits per heavy atom. The molecule has 1 aromatic heterocycles. The van der Waals surface area contributed by atoms with Gasteiger partial charge in [-0.1, -0.05) is 76.1 Å². The Hall–Kier alpha value is -3.28. The normalized spacial score (nSPS) is 17.7. The maximum Gasteiger partial charge on any atom is 0.301 e. The third-order valence-electron chi connectivity index (χ3n) is 6.39. The van der Waals surface area contributed by atoms with Crippen LogP contribution in [0.15, 0.2) is 70.6 Å². The van der Waals surface area contributed by atoms with Crippen LogP contribution in [0.25, 0.3) is 5.76 Å². The zero-order chi connectivity index (χ0) is 28.7. The SMILES string of the molecule is O=C1C(=O)N(c2nnc(SCc3ccc(Cl)cc3Cl)s2)[C@H](c2cccc(Cl)c2)C1=C(O)c1ccc2c(c1)OCCO2. The first kappa shape index (κ1) is 27.9. The third-order valence-corrected chi connectivity index (χ3v) is 9.32. The highest BCUT2D eigenvalue weighted by Crippen LogP contribution is 2.45. The number of carbonyl (C=O) groups excluding carboxylic acids is 2. The van der Waals surface area contributed by atoms with Crippen molar-refractivity contribution >= 4 is 80.5 Å². The summed E-state index contributed by atoms with van der Waals surface area (Å²) in [6.07, 6.45) is 0. The Morgan fingerprint density at radius 1 is 0.976 bits per heavy atom. The number of thioether (sulfide) groups is 1. The Bertz CT molecular complexity index is 1730. The van der Waals surface area contributed by atoms with E-state index in [1.54, 1.807) is 54.6 Å². The van der Waals surface area contributed by atoms with Gasteiger partial charge in [-0.05, 0) is 53.6 Å². The fourth-order valence-electron chi connectivity index (χ4n) is 4.50. The van der Waals surface area contributed by atoms with Gasteiger partial charge in [-0.15, -0.1) is 10.2 Å². The first-order valence-corrected chi connectivity index (χ1v) is 15.1. The molecule has 1 saturated heterocycles. The lowest BCUT2D eigenvalue weighted by molar-refractivity contribution is -0.132. The topological polar surface area (TPSA) is 102 Å². The molecular formula is C28H18Cl3N3O5S2. The lowest BCUT2D eigenvalue weighted by Crippen LogP contribution is -2.29. The van der Waals surface area contributed by atoms with Crippen molar-refractivity contribution in [3.8, 4) is 11.5 Å². The van der Waals surface area contributed by atoms with E-state index in [1.165, 1.54) is 16.7 Å². The van der Waals surface area contributed by atoms with Crippen LogP contribution in [0.2, 0.25) is 15.1 Å². The van der Waals surface area contributed by atoms with Crippen LogP contribution in [0.3, 0.4) is 0 Å². The predicted octanol–water partition coefficient (Wildman–Crippen LogP) is 7.19. The Labute approximate surface area is 257 Å². The summed E-state index contributed by atoms with van der Waals surface area (Å²) in [5.74, 6) is -0.615. The van der Waals surface area contributed by atoms with Crippen molar-refractivity contribution in [1.82, 2.24) is 10.2 Å². The molecule has 0 saturated carbocycles. The summed E-state index contributed by atoms with van der Waals surface area (Å²) in [7, 11) is 0. The van der Waals surface area contributed by atoms with Crippen LogP contribution in [0.5, 0.6) is 11.5 Å². The standard InChI is InChI=1S/C28H18Cl3N3O5S2/c29-17-3-1-2-14(10-17)23-22(24(35)15-5-7-20-21(11-15)39-9-8-38-20)25(36)26(37)34(23)27-32-33-28(41-27)40-13-16-4-6-18(30)12-19(16)31/h1-7,10-12,23,35H,8-9,13H2/t23-/m1/s1. The molecule has 1 N–H and O–H groups in total. The van der Waals surface area contributed by atoms with E-state index in [2.05, 4.69) is 10.2 Å². The van der Waals surface area contributed by atoms with E-state index in [9.17, 15) is 14.7 Å². The first-order valence-electron chi connectivity index (χ1n) is 12.2. The number of fused-ring (bicyclic) bond motifs is 1. The van der Waals surface area contributed by atoms with Gasteiger partial charge in [-0.3, -0.25) is 14.5 Å². The zero-order valence-electron chi connectivity index (χ0n) is 20.8. The monoisotopic (exact) mass is 645 g/mol. The van der Waals surface area contributed by atoms with E-state index in [1.807, 2.05) is 6.07 Å². The molecule has 208 valence electrons. The minimum absolute atomic E-state index is 0.105. The Balaban J connectivity index is 1.38. The molecule has 1 fully saturated rings. The number of carbonyl (C=O) groups is 2. The van der Waals surface area contributed by atoms with Crippen molar-refractivity contribution in [3.63, 3.8) is 0 Å². The summed E-state index contributed by atoms with van der Waals surface area (Å²) in [6.45, 7) is 0.763. The third kappa shape index (κ3) is 5.50. The second-order valence-electron chi connectivity index (χ2n) is 8.96. The molecule has 0 bridgehead atoms. The van der Waals surface area contributed by atoms with Crippen LogP contribution in [0.4, 0.5) is 5.13 Å². The second kappa shape index (κ2) is 11.5. The molecule has 3 aromatic carbocycles. The molecule has 1 atom stereocenters. The number of rotatable bonds is 6. The predicted molar refractivity (Wildman–Crippen MR) is 160 cm³/mol. The van der Waals surface area contributed by atoms with Crippen molar-refractivity contribution in [2.45, 2.75) is 16.1 Å². The van der Waals surface area contributed by atoms with Gasteiger partial charge in [0.15, 0.2) is 15.8 Å². The smallest absolute Gasteiger partial charge is 0.301 e. The van der Waals surface area contributed by atoms with Crippen LogP contribution in [-0.2, 0) is 15.3 Å². The van der Waals surface area contributed by atoms with Gasteiger partial charge < -0.3 is 14.6 Å². The second-order valence-corrected chi connectivity index (χ2v) is 12.4. The molecule has 41 heavy (non-hydrogen) atoms. The van der Waals surface area contributed by atoms with E-state index < -0.39 is 17.7 Å². The van der Waals surface area contributed by atoms with Crippen molar-refractivity contribution in [2.24, 2.45) is 0 Å². The number of aliphatic hydroxyl groups is 1. The van der Waals surface area contributed by atoms with Gasteiger partial charge in [0, 0.05) is 26.4 Å². The average molecular weight is 647 g/mol. The van der Waals surface area contributed by atoms with Gasteiger partial charge in [-0.2, -0.15) is 0 Å². The number of hydrogen-bond acceptors (Lipinski definition) is 9. The molecule has 3 heterocycles. The van der Waals surface area contributed by atoms with Gasteiger partial charge in [0.25, 0.3) is 5.78 Å². The number of hydrogen-bond donors (Lipinski definition) is 1. The molecule has 2 aliphatic rings. The Kier molecular flexibility index (Phi) is 7.84. The van der Waals surface area contributed by atoms with E-state index in [0.29, 0.717) is 61.0 Å². The minimum Gasteiger partial charge on any atom is -0.507 e. The van der Waals surface area contributed by atoms with Crippen molar-refractivity contribution < 1.29 is 24.2 Å². The minimum atomic E-state index is -1.00. The lowest BCUT2D eigenvalue weighted by Gasteiger charge is -2.23. The highest BCUT2D eigenvalue weighted by atomic mass is 35.5. The highest BCUT2D eigenvalue weighted by molar-refractivity contribution is 8.00. The number of anilines is 1. The number of nitrogens with zero attached hydrogens (tertiary/aromatic N) is 3. The number of amides is 1. The van der Waals surface area contributed by atoms with E-state index in [-0.39, 0.29) is 16.5 Å². The molecule has 1 amide bonds. The van der Waals surface area contributed by atoms with Crippen LogP contribution in [-0.4, -0.2) is 40.2 Å². The van der Waals surface area contributed by atoms with E-state index in [0.717, 1.165) is 16.9 Å². The number of halogens is 3. The fourth-order valence-corrected chi connectivity index (χ4v) is 7.13. The number of aliphatic hydroxyl groups excluding tert-OH is 1. The van der Waals surface area contributed by atoms with Gasteiger partial charge in [0.2, 0.25) is 5.13 Å². The molecular weight excluding hydrogens is 629 g/mol. The quantitative estimate of drug-likeness (QED) is 0.0773. The molecule has 13 heteroatoms. The lowest BCUT2D eigenvalue weighted by atomic mass is 9.95. The fraction of sp³-hybridized carbons (Fsp3) is 0.143. The number of aromatic nitrogens is 2. The van der Waals surface area contributed by atoms with Crippen molar-refractivity contribution in [1.29, 1.82) is 0 Å². The summed E-state index contributed by atoms with van der Waals surface area (Å²) in [5.41, 5.74) is 1.57. The Morgan fingerprint density at radius 2 is 1.76 bits per heavy atom. The first-order chi connectivity index (χ1) is 19.8. The number of ether oxygens (including phenoxy) is 2. The maximum atomic E-state index is 13.5. The van der Waals surface area contributed by atoms with E-state index in [4.69, 9.17) is 44.3 Å². The summed E-state index contributed by atoms with van der Waals surface area (Å²) < 4.78 is 11.8. The molecule has 8 nitrogen and oxygen atoms in total. The molecule has 0 aliphatic carbocycles. The van der Waals surface area contributed by atoms with Gasteiger partial charge in [0.1, 0.15) is 19.0 Å². The average Bonchev–Trinajstić information content (AvgIpc) is 3.53. The van der Waals surface area contributed by atoms with Crippen LogP contribution < -0.4 is 14.4 Å². The van der Waals surface area contributed by atoms with Crippen molar-refractivity contribution in [3.05, 3.63) is 98.0 Å². The van der Waals surface area contributed by atoms with Crippen LogP contribution in [0, 0.1) is 0 Å².